The first kappa shape index (κ1) is 14.9. The number of Topliss-reactive ketones (excluding diaryl/α,β-unsaturated/α-hetero) is 1. The van der Waals surface area contributed by atoms with E-state index in [1.54, 1.807) is 6.92 Å². The Morgan fingerprint density at radius 2 is 2.18 bits per heavy atom. The molecular weight excluding hydrogens is 304 g/mol. The summed E-state index contributed by atoms with van der Waals surface area (Å²) in [6, 6.07) is 0. The van der Waals surface area contributed by atoms with Crippen LogP contribution in [0, 0.1) is 6.92 Å². The third-order valence-electron chi connectivity index (χ3n) is 4.04. The molecule has 0 saturated heterocycles. The molecule has 0 fully saturated rings. The van der Waals surface area contributed by atoms with Crippen molar-refractivity contribution in [2.75, 3.05) is 0 Å². The molecule has 0 saturated carbocycles. The molecule has 1 atom stereocenters. The number of rotatable bonds is 3. The van der Waals surface area contributed by atoms with Gasteiger partial charge in [-0.05, 0) is 38.7 Å². The Morgan fingerprint density at radius 3 is 2.82 bits per heavy atom. The summed E-state index contributed by atoms with van der Waals surface area (Å²) in [5, 5.41) is 9.83. The van der Waals surface area contributed by atoms with Crippen molar-refractivity contribution >= 4 is 33.3 Å². The average Bonchev–Trinajstić information content (AvgIpc) is 2.80. The van der Waals surface area contributed by atoms with Crippen LogP contribution in [0.25, 0.3) is 10.2 Å². The number of carbonyl (C=O) groups excluding carboxylic acids is 1. The second-order valence-corrected chi connectivity index (χ2v) is 6.74. The van der Waals surface area contributed by atoms with Gasteiger partial charge in [-0.3, -0.25) is 19.0 Å². The van der Waals surface area contributed by atoms with E-state index in [9.17, 15) is 19.5 Å². The maximum absolute atomic E-state index is 12.8. The molecule has 0 amide bonds. The number of carboxylic acids is 1. The van der Waals surface area contributed by atoms with Crippen molar-refractivity contribution in [1.29, 1.82) is 0 Å². The summed E-state index contributed by atoms with van der Waals surface area (Å²) in [4.78, 5) is 41.6. The summed E-state index contributed by atoms with van der Waals surface area (Å²) < 4.78 is 1.34. The Kier molecular flexibility index (Phi) is 3.60. The number of thiophene rings is 1. The standard InChI is InChI=1S/C15H16N2O4S/c1-7(18)6-17-8(2)16-13-12(14(17)19)11-9(15(20)21)4-3-5-10(11)22-13/h9H,3-6H2,1-2H3,(H,20,21). The maximum Gasteiger partial charge on any atom is 0.311 e. The van der Waals surface area contributed by atoms with Crippen molar-refractivity contribution < 1.29 is 14.7 Å². The summed E-state index contributed by atoms with van der Waals surface area (Å²) in [6.45, 7) is 3.08. The Hall–Kier alpha value is -2.02. The van der Waals surface area contributed by atoms with Crippen molar-refractivity contribution in [3.63, 3.8) is 0 Å². The van der Waals surface area contributed by atoms with Crippen molar-refractivity contribution in [3.05, 3.63) is 26.6 Å². The van der Waals surface area contributed by atoms with E-state index < -0.39 is 11.9 Å². The number of aryl methyl sites for hydroxylation is 2. The van der Waals surface area contributed by atoms with Gasteiger partial charge in [-0.25, -0.2) is 4.98 Å². The molecule has 0 aliphatic heterocycles. The fourth-order valence-corrected chi connectivity index (χ4v) is 4.38. The van der Waals surface area contributed by atoms with Crippen LogP contribution < -0.4 is 5.56 Å². The van der Waals surface area contributed by atoms with E-state index in [2.05, 4.69) is 4.98 Å². The molecule has 1 aliphatic carbocycles. The average molecular weight is 320 g/mol. The zero-order valence-corrected chi connectivity index (χ0v) is 13.2. The second-order valence-electron chi connectivity index (χ2n) is 5.65. The van der Waals surface area contributed by atoms with Gasteiger partial charge in [-0.15, -0.1) is 11.3 Å². The second kappa shape index (κ2) is 5.31. The highest BCUT2D eigenvalue weighted by Gasteiger charge is 2.32. The molecule has 6 nitrogen and oxygen atoms in total. The van der Waals surface area contributed by atoms with Crippen LogP contribution in [-0.2, 0) is 22.6 Å². The minimum atomic E-state index is -0.904. The number of aliphatic carboxylic acids is 1. The molecule has 0 radical (unpaired) electrons. The van der Waals surface area contributed by atoms with E-state index in [1.807, 2.05) is 0 Å². The van der Waals surface area contributed by atoms with E-state index in [1.165, 1.54) is 22.8 Å². The van der Waals surface area contributed by atoms with Crippen molar-refractivity contribution in [2.45, 2.75) is 45.6 Å². The number of carbonyl (C=O) groups is 2. The number of hydrogen-bond acceptors (Lipinski definition) is 5. The Balaban J connectivity index is 2.33. The third-order valence-corrected chi connectivity index (χ3v) is 5.20. The molecule has 22 heavy (non-hydrogen) atoms. The van der Waals surface area contributed by atoms with Gasteiger partial charge in [0.1, 0.15) is 16.4 Å². The zero-order chi connectivity index (χ0) is 16.0. The Bertz CT molecular complexity index is 849. The number of hydrogen-bond donors (Lipinski definition) is 1. The first-order valence-corrected chi connectivity index (χ1v) is 7.96. The molecule has 116 valence electrons. The van der Waals surface area contributed by atoms with Crippen LogP contribution in [0.3, 0.4) is 0 Å². The minimum Gasteiger partial charge on any atom is -0.481 e. The third kappa shape index (κ3) is 2.25. The molecular formula is C15H16N2O4S. The summed E-state index contributed by atoms with van der Waals surface area (Å²) >= 11 is 1.40. The van der Waals surface area contributed by atoms with Crippen LogP contribution in [0.2, 0.25) is 0 Å². The van der Waals surface area contributed by atoms with Gasteiger partial charge in [0.15, 0.2) is 0 Å². The van der Waals surface area contributed by atoms with Crippen LogP contribution >= 0.6 is 11.3 Å². The van der Waals surface area contributed by atoms with Gasteiger partial charge in [0, 0.05) is 4.88 Å². The van der Waals surface area contributed by atoms with Crippen molar-refractivity contribution in [3.8, 4) is 0 Å². The van der Waals surface area contributed by atoms with Gasteiger partial charge in [0.2, 0.25) is 0 Å². The van der Waals surface area contributed by atoms with E-state index in [4.69, 9.17) is 0 Å². The molecule has 2 aromatic heterocycles. The molecule has 3 rings (SSSR count). The van der Waals surface area contributed by atoms with Gasteiger partial charge in [0.25, 0.3) is 5.56 Å². The summed E-state index contributed by atoms with van der Waals surface area (Å²) in [5.41, 5.74) is 0.317. The largest absolute Gasteiger partial charge is 0.481 e. The first-order chi connectivity index (χ1) is 10.4. The maximum atomic E-state index is 12.8. The lowest BCUT2D eigenvalue weighted by molar-refractivity contribution is -0.139. The Labute approximate surface area is 130 Å². The zero-order valence-electron chi connectivity index (χ0n) is 12.4. The SMILES string of the molecule is CC(=O)Cn1c(C)nc2sc3c(c2c1=O)C(C(=O)O)CCC3. The van der Waals surface area contributed by atoms with Gasteiger partial charge >= 0.3 is 5.97 Å². The topological polar surface area (TPSA) is 89.3 Å². The fraction of sp³-hybridized carbons (Fsp3) is 0.467. The van der Waals surface area contributed by atoms with Gasteiger partial charge in [0.05, 0.1) is 17.8 Å². The molecule has 0 bridgehead atoms. The molecule has 0 spiro atoms. The van der Waals surface area contributed by atoms with Crippen LogP contribution in [0.5, 0.6) is 0 Å². The quantitative estimate of drug-likeness (QED) is 0.932. The molecule has 2 aromatic rings. The number of aromatic nitrogens is 2. The number of fused-ring (bicyclic) bond motifs is 3. The highest BCUT2D eigenvalue weighted by atomic mass is 32.1. The molecule has 1 N–H and O–H groups in total. The van der Waals surface area contributed by atoms with Crippen molar-refractivity contribution in [1.82, 2.24) is 9.55 Å². The van der Waals surface area contributed by atoms with Gasteiger partial charge < -0.3 is 5.11 Å². The van der Waals surface area contributed by atoms with E-state index in [0.29, 0.717) is 28.0 Å². The molecule has 2 heterocycles. The molecule has 7 heteroatoms. The van der Waals surface area contributed by atoms with Crippen LogP contribution in [-0.4, -0.2) is 26.4 Å². The number of nitrogens with zero attached hydrogens (tertiary/aromatic N) is 2. The van der Waals surface area contributed by atoms with E-state index in [0.717, 1.165) is 17.7 Å². The van der Waals surface area contributed by atoms with E-state index >= 15 is 0 Å². The molecule has 1 unspecified atom stereocenters. The normalized spacial score (nSPS) is 17.5. The van der Waals surface area contributed by atoms with Gasteiger partial charge in [-0.1, -0.05) is 0 Å². The predicted octanol–water partition coefficient (Wildman–Crippen LogP) is 1.86. The smallest absolute Gasteiger partial charge is 0.311 e. The first-order valence-electron chi connectivity index (χ1n) is 7.15. The lowest BCUT2D eigenvalue weighted by Gasteiger charge is -2.19. The highest BCUT2D eigenvalue weighted by Crippen LogP contribution is 2.40. The predicted molar refractivity (Wildman–Crippen MR) is 82.6 cm³/mol. The van der Waals surface area contributed by atoms with Gasteiger partial charge in [-0.2, -0.15) is 0 Å². The summed E-state index contributed by atoms with van der Waals surface area (Å²) in [6.07, 6.45) is 2.12. The van der Waals surface area contributed by atoms with Crippen LogP contribution in [0.4, 0.5) is 0 Å². The lowest BCUT2D eigenvalue weighted by atomic mass is 9.86. The fourth-order valence-electron chi connectivity index (χ4n) is 3.07. The number of ketones is 1. The van der Waals surface area contributed by atoms with Crippen LogP contribution in [0.15, 0.2) is 4.79 Å². The summed E-state index contributed by atoms with van der Waals surface area (Å²) in [7, 11) is 0. The Morgan fingerprint density at radius 1 is 1.45 bits per heavy atom. The monoisotopic (exact) mass is 320 g/mol. The summed E-state index contributed by atoms with van der Waals surface area (Å²) in [5.74, 6) is -1.21. The van der Waals surface area contributed by atoms with Crippen LogP contribution in [0.1, 0.15) is 41.9 Å². The lowest BCUT2D eigenvalue weighted by Crippen LogP contribution is -2.28. The highest BCUT2D eigenvalue weighted by molar-refractivity contribution is 7.18. The molecule has 0 aromatic carbocycles. The minimum absolute atomic E-state index is 0.0318. The van der Waals surface area contributed by atoms with E-state index in [-0.39, 0.29) is 17.9 Å². The number of carboxylic acid groups (broad SMARTS) is 1. The van der Waals surface area contributed by atoms with Crippen molar-refractivity contribution in [2.24, 2.45) is 0 Å². The molecule has 1 aliphatic rings.